The van der Waals surface area contributed by atoms with Crippen molar-refractivity contribution in [3.05, 3.63) is 35.6 Å². The lowest BCUT2D eigenvalue weighted by atomic mass is 10.2. The third-order valence-corrected chi connectivity index (χ3v) is 4.78. The summed E-state index contributed by atoms with van der Waals surface area (Å²) in [6, 6.07) is 7.16. The lowest BCUT2D eigenvalue weighted by molar-refractivity contribution is -0.118. The van der Waals surface area contributed by atoms with E-state index in [2.05, 4.69) is 15.8 Å². The van der Waals surface area contributed by atoms with Crippen LogP contribution in [-0.4, -0.2) is 34.8 Å². The molecule has 2 amide bonds. The van der Waals surface area contributed by atoms with Gasteiger partial charge >= 0.3 is 0 Å². The molecule has 0 saturated carbocycles. The number of anilines is 1. The molecule has 2 aromatic rings. The number of aryl methyl sites for hydroxylation is 1. The monoisotopic (exact) mass is 377 g/mol. The van der Waals surface area contributed by atoms with E-state index in [1.54, 1.807) is 19.9 Å². The van der Waals surface area contributed by atoms with Crippen LogP contribution >= 0.6 is 11.8 Å². The molecule has 1 aliphatic heterocycles. The van der Waals surface area contributed by atoms with Gasteiger partial charge in [0.2, 0.25) is 18.6 Å². The van der Waals surface area contributed by atoms with E-state index in [-0.39, 0.29) is 24.4 Å². The quantitative estimate of drug-likeness (QED) is 0.761. The molecule has 0 spiro atoms. The first-order valence-corrected chi connectivity index (χ1v) is 9.07. The Morgan fingerprint density at radius 2 is 2.08 bits per heavy atom. The number of aromatic nitrogens is 1. The van der Waals surface area contributed by atoms with E-state index >= 15 is 0 Å². The second kappa shape index (κ2) is 8.13. The number of benzene rings is 1. The average molecular weight is 377 g/mol. The number of fused-ring (bicyclic) bond motifs is 1. The van der Waals surface area contributed by atoms with E-state index in [0.29, 0.717) is 29.6 Å². The van der Waals surface area contributed by atoms with E-state index in [9.17, 15) is 9.59 Å². The molecule has 1 atom stereocenters. The van der Waals surface area contributed by atoms with Gasteiger partial charge in [-0.25, -0.2) is 0 Å². The summed E-state index contributed by atoms with van der Waals surface area (Å²) in [4.78, 5) is 24.0. The highest BCUT2D eigenvalue weighted by Crippen LogP contribution is 2.32. The van der Waals surface area contributed by atoms with Crippen LogP contribution in [0.2, 0.25) is 0 Å². The first-order chi connectivity index (χ1) is 12.5. The molecule has 1 aromatic carbocycles. The summed E-state index contributed by atoms with van der Waals surface area (Å²) in [7, 11) is 0. The molecule has 0 fully saturated rings. The predicted molar refractivity (Wildman–Crippen MR) is 96.2 cm³/mol. The van der Waals surface area contributed by atoms with Crippen molar-refractivity contribution in [1.82, 2.24) is 10.5 Å². The van der Waals surface area contributed by atoms with Crippen molar-refractivity contribution in [2.45, 2.75) is 25.6 Å². The molecule has 2 N–H and O–H groups in total. The van der Waals surface area contributed by atoms with Gasteiger partial charge in [0.25, 0.3) is 0 Å². The molecule has 0 unspecified atom stereocenters. The zero-order valence-electron chi connectivity index (χ0n) is 14.4. The topological polar surface area (TPSA) is 103 Å². The van der Waals surface area contributed by atoms with Gasteiger partial charge in [-0.3, -0.25) is 9.59 Å². The molecule has 3 rings (SSSR count). The minimum absolute atomic E-state index is 0.149. The van der Waals surface area contributed by atoms with Crippen molar-refractivity contribution < 1.29 is 23.6 Å². The summed E-state index contributed by atoms with van der Waals surface area (Å²) in [5.74, 6) is 2.17. The van der Waals surface area contributed by atoms with E-state index < -0.39 is 5.25 Å². The molecule has 0 bridgehead atoms. The molecule has 0 aliphatic carbocycles. The molecule has 1 aromatic heterocycles. The normalized spacial score (nSPS) is 13.3. The molecular formula is C17H19N3O5S. The second-order valence-corrected chi connectivity index (χ2v) is 7.06. The molecule has 1 aliphatic rings. The van der Waals surface area contributed by atoms with E-state index in [4.69, 9.17) is 14.0 Å². The fourth-order valence-electron chi connectivity index (χ4n) is 2.23. The Hall–Kier alpha value is -2.68. The summed E-state index contributed by atoms with van der Waals surface area (Å²) in [5, 5.41) is 8.77. The third-order valence-electron chi connectivity index (χ3n) is 3.64. The Balaban J connectivity index is 1.40. The zero-order valence-corrected chi connectivity index (χ0v) is 15.2. The highest BCUT2D eigenvalue weighted by atomic mass is 32.2. The fourth-order valence-corrected chi connectivity index (χ4v) is 2.95. The van der Waals surface area contributed by atoms with Crippen LogP contribution in [0.5, 0.6) is 11.5 Å². The van der Waals surface area contributed by atoms with Crippen molar-refractivity contribution in [2.75, 3.05) is 17.9 Å². The molecule has 0 radical (unpaired) electrons. The highest BCUT2D eigenvalue weighted by Gasteiger charge is 2.17. The summed E-state index contributed by atoms with van der Waals surface area (Å²) < 4.78 is 15.4. The Morgan fingerprint density at radius 1 is 1.27 bits per heavy atom. The van der Waals surface area contributed by atoms with Gasteiger partial charge in [-0.1, -0.05) is 11.2 Å². The summed E-state index contributed by atoms with van der Waals surface area (Å²) in [6.45, 7) is 4.08. The van der Waals surface area contributed by atoms with Gasteiger partial charge in [0.1, 0.15) is 5.76 Å². The van der Waals surface area contributed by atoms with Crippen LogP contribution in [0.25, 0.3) is 0 Å². The predicted octanol–water partition coefficient (Wildman–Crippen LogP) is 2.09. The molecule has 138 valence electrons. The number of hydrogen-bond acceptors (Lipinski definition) is 7. The Kier molecular flexibility index (Phi) is 5.67. The van der Waals surface area contributed by atoms with Gasteiger partial charge in [-0.2, -0.15) is 0 Å². The van der Waals surface area contributed by atoms with Gasteiger partial charge in [-0.05, 0) is 31.5 Å². The maximum Gasteiger partial charge on any atom is 0.238 e. The highest BCUT2D eigenvalue weighted by molar-refractivity contribution is 8.01. The molecule has 0 saturated heterocycles. The Morgan fingerprint density at radius 3 is 2.85 bits per heavy atom. The van der Waals surface area contributed by atoms with Crippen LogP contribution in [0.4, 0.5) is 5.82 Å². The van der Waals surface area contributed by atoms with Gasteiger partial charge in [0.05, 0.1) is 11.0 Å². The van der Waals surface area contributed by atoms with Crippen LogP contribution < -0.4 is 20.1 Å². The zero-order chi connectivity index (χ0) is 18.5. The molecular weight excluding hydrogens is 358 g/mol. The SMILES string of the molecule is Cc1cc(NC(=O)[C@H](C)SCC(=O)NCc2ccc3c(c2)OCO3)no1. The Bertz CT molecular complexity index is 807. The number of carbonyl (C=O) groups excluding carboxylic acids is 2. The van der Waals surface area contributed by atoms with Crippen molar-refractivity contribution in [3.63, 3.8) is 0 Å². The number of amides is 2. The van der Waals surface area contributed by atoms with Crippen LogP contribution in [0, 0.1) is 6.92 Å². The molecule has 8 nitrogen and oxygen atoms in total. The molecule has 2 heterocycles. The minimum atomic E-state index is -0.400. The number of nitrogens with one attached hydrogen (secondary N) is 2. The maximum atomic E-state index is 12.1. The fraction of sp³-hybridized carbons (Fsp3) is 0.353. The van der Waals surface area contributed by atoms with Crippen molar-refractivity contribution in [3.8, 4) is 11.5 Å². The lowest BCUT2D eigenvalue weighted by Gasteiger charge is -2.11. The number of hydrogen-bond donors (Lipinski definition) is 2. The summed E-state index contributed by atoms with van der Waals surface area (Å²) in [5.41, 5.74) is 0.916. The standard InChI is InChI=1S/C17H19N3O5S/c1-10-5-15(20-25-10)19-17(22)11(2)26-8-16(21)18-7-12-3-4-13-14(6-12)24-9-23-13/h3-6,11H,7-9H2,1-2H3,(H,18,21)(H,19,20,22)/t11-/m0/s1. The number of rotatable bonds is 7. The van der Waals surface area contributed by atoms with Crippen molar-refractivity contribution >= 4 is 29.4 Å². The lowest BCUT2D eigenvalue weighted by Crippen LogP contribution is -2.28. The van der Waals surface area contributed by atoms with Crippen LogP contribution in [-0.2, 0) is 16.1 Å². The van der Waals surface area contributed by atoms with Crippen LogP contribution in [0.3, 0.4) is 0 Å². The largest absolute Gasteiger partial charge is 0.454 e. The van der Waals surface area contributed by atoms with Crippen molar-refractivity contribution in [2.24, 2.45) is 0 Å². The number of nitrogens with zero attached hydrogens (tertiary/aromatic N) is 1. The van der Waals surface area contributed by atoms with Crippen LogP contribution in [0.1, 0.15) is 18.2 Å². The van der Waals surface area contributed by atoms with E-state index in [1.807, 2.05) is 18.2 Å². The van der Waals surface area contributed by atoms with Gasteiger partial charge in [-0.15, -0.1) is 11.8 Å². The molecule has 26 heavy (non-hydrogen) atoms. The number of carbonyl (C=O) groups is 2. The van der Waals surface area contributed by atoms with E-state index in [1.165, 1.54) is 11.8 Å². The van der Waals surface area contributed by atoms with Gasteiger partial charge in [0, 0.05) is 12.6 Å². The smallest absolute Gasteiger partial charge is 0.238 e. The summed E-state index contributed by atoms with van der Waals surface area (Å²) in [6.07, 6.45) is 0. The third kappa shape index (κ3) is 4.69. The van der Waals surface area contributed by atoms with Crippen molar-refractivity contribution in [1.29, 1.82) is 0 Å². The molecule has 9 heteroatoms. The van der Waals surface area contributed by atoms with Gasteiger partial charge in [0.15, 0.2) is 17.3 Å². The Labute approximate surface area is 154 Å². The first-order valence-electron chi connectivity index (χ1n) is 8.02. The van der Waals surface area contributed by atoms with E-state index in [0.717, 1.165) is 5.56 Å². The minimum Gasteiger partial charge on any atom is -0.454 e. The number of thioether (sulfide) groups is 1. The van der Waals surface area contributed by atoms with Gasteiger partial charge < -0.3 is 24.6 Å². The first kappa shape index (κ1) is 18.1. The maximum absolute atomic E-state index is 12.1. The second-order valence-electron chi connectivity index (χ2n) is 5.73. The van der Waals surface area contributed by atoms with Crippen LogP contribution in [0.15, 0.2) is 28.8 Å². The summed E-state index contributed by atoms with van der Waals surface area (Å²) >= 11 is 1.25. The number of ether oxygens (including phenoxy) is 2. The average Bonchev–Trinajstić information content (AvgIpc) is 3.25.